The molecule has 0 spiro atoms. The number of aliphatic hydroxyl groups excluding tert-OH is 1. The normalized spacial score (nSPS) is 19.1. The molecule has 172 valence electrons. The van der Waals surface area contributed by atoms with Gasteiger partial charge in [0.25, 0.3) is 11.5 Å². The van der Waals surface area contributed by atoms with Gasteiger partial charge < -0.3 is 29.0 Å². The van der Waals surface area contributed by atoms with Crippen LogP contribution in [0.3, 0.4) is 0 Å². The zero-order valence-corrected chi connectivity index (χ0v) is 18.3. The van der Waals surface area contributed by atoms with E-state index >= 15 is 0 Å². The first kappa shape index (κ1) is 21.3. The summed E-state index contributed by atoms with van der Waals surface area (Å²) in [6.45, 7) is 2.06. The summed E-state index contributed by atoms with van der Waals surface area (Å²) in [5.41, 5.74) is 1.44. The molecule has 33 heavy (non-hydrogen) atoms. The first-order valence-electron chi connectivity index (χ1n) is 11.2. The number of ether oxygens (including phenoxy) is 1. The fourth-order valence-corrected chi connectivity index (χ4v) is 4.82. The number of fused-ring (bicyclic) bond motifs is 4. The van der Waals surface area contributed by atoms with Gasteiger partial charge >= 0.3 is 0 Å². The Labute approximate surface area is 191 Å². The number of nitrogens with one attached hydrogen (secondary N) is 1. The van der Waals surface area contributed by atoms with Crippen molar-refractivity contribution in [3.05, 3.63) is 82.2 Å². The second-order valence-electron chi connectivity index (χ2n) is 8.67. The number of carbonyl (C=O) groups is 1. The number of hydrogen-bond acceptors (Lipinski definition) is 6. The standard InChI is InChI=1S/C25H27N3O5/c29-15-21-7-6-20(33-21)11-26-22-8-9-23-18-10-17(13-28(23)25(22)31)12-27(14-18)24(30)16-32-19-4-2-1-3-5-19/h1-9,17-18,26,29H,10-16H2/t17-,18-/m1/s1. The lowest BCUT2D eigenvalue weighted by Gasteiger charge is -2.42. The van der Waals surface area contributed by atoms with Crippen molar-refractivity contribution in [2.24, 2.45) is 5.92 Å². The van der Waals surface area contributed by atoms with Crippen LogP contribution in [-0.2, 0) is 24.5 Å². The number of benzene rings is 1. The third-order valence-corrected chi connectivity index (χ3v) is 6.39. The summed E-state index contributed by atoms with van der Waals surface area (Å²) in [4.78, 5) is 27.8. The molecule has 2 aliphatic heterocycles. The summed E-state index contributed by atoms with van der Waals surface area (Å²) in [7, 11) is 0. The van der Waals surface area contributed by atoms with E-state index in [-0.39, 0.29) is 36.5 Å². The molecule has 8 heteroatoms. The van der Waals surface area contributed by atoms with Crippen molar-refractivity contribution in [1.29, 1.82) is 0 Å². The number of pyridine rings is 1. The van der Waals surface area contributed by atoms with Gasteiger partial charge in [0.2, 0.25) is 0 Å². The van der Waals surface area contributed by atoms with Gasteiger partial charge in [-0.1, -0.05) is 18.2 Å². The lowest BCUT2D eigenvalue weighted by molar-refractivity contribution is -0.136. The molecule has 5 rings (SSSR count). The third kappa shape index (κ3) is 4.52. The average Bonchev–Trinajstić information content (AvgIpc) is 3.31. The Kier molecular flexibility index (Phi) is 5.92. The minimum absolute atomic E-state index is 0.0177. The number of hydrogen-bond donors (Lipinski definition) is 2. The Hall–Kier alpha value is -3.52. The molecule has 2 N–H and O–H groups in total. The van der Waals surface area contributed by atoms with Gasteiger partial charge in [0.15, 0.2) is 6.61 Å². The molecule has 2 atom stereocenters. The lowest BCUT2D eigenvalue weighted by atomic mass is 9.83. The van der Waals surface area contributed by atoms with E-state index < -0.39 is 0 Å². The Morgan fingerprint density at radius 3 is 2.67 bits per heavy atom. The van der Waals surface area contributed by atoms with E-state index in [1.807, 2.05) is 51.9 Å². The van der Waals surface area contributed by atoms with E-state index in [9.17, 15) is 9.59 Å². The molecule has 1 amide bonds. The van der Waals surface area contributed by atoms with Gasteiger partial charge in [-0.25, -0.2) is 0 Å². The molecule has 0 aliphatic carbocycles. The molecular weight excluding hydrogens is 422 g/mol. The molecule has 1 fully saturated rings. The maximum atomic E-state index is 13.1. The van der Waals surface area contributed by atoms with E-state index in [0.717, 1.165) is 12.1 Å². The Balaban J connectivity index is 1.25. The molecule has 8 nitrogen and oxygen atoms in total. The van der Waals surface area contributed by atoms with Crippen LogP contribution in [0.1, 0.15) is 29.6 Å². The lowest BCUT2D eigenvalue weighted by Crippen LogP contribution is -2.50. The fraction of sp³-hybridized carbons (Fsp3) is 0.360. The van der Waals surface area contributed by atoms with E-state index in [4.69, 9.17) is 14.3 Å². The molecule has 0 radical (unpaired) electrons. The van der Waals surface area contributed by atoms with Gasteiger partial charge in [0.05, 0.1) is 6.54 Å². The zero-order valence-electron chi connectivity index (χ0n) is 18.3. The van der Waals surface area contributed by atoms with Crippen LogP contribution in [0.15, 0.2) is 63.8 Å². The van der Waals surface area contributed by atoms with Crippen molar-refractivity contribution in [2.45, 2.75) is 32.0 Å². The monoisotopic (exact) mass is 449 g/mol. The highest BCUT2D eigenvalue weighted by Gasteiger charge is 2.36. The maximum Gasteiger partial charge on any atom is 0.274 e. The second kappa shape index (κ2) is 9.15. The number of likely N-dealkylation sites (tertiary alicyclic amines) is 1. The van der Waals surface area contributed by atoms with E-state index in [1.54, 1.807) is 12.1 Å². The highest BCUT2D eigenvalue weighted by molar-refractivity contribution is 5.78. The smallest absolute Gasteiger partial charge is 0.274 e. The van der Waals surface area contributed by atoms with Gasteiger partial charge in [0.1, 0.15) is 29.6 Å². The van der Waals surface area contributed by atoms with Crippen molar-refractivity contribution in [2.75, 3.05) is 25.0 Å². The Morgan fingerprint density at radius 1 is 1.06 bits per heavy atom. The number of furan rings is 1. The summed E-state index contributed by atoms with van der Waals surface area (Å²) < 4.78 is 13.0. The molecule has 4 heterocycles. The topological polar surface area (TPSA) is 96.9 Å². The summed E-state index contributed by atoms with van der Waals surface area (Å²) in [5, 5.41) is 12.3. The molecule has 1 saturated heterocycles. The summed E-state index contributed by atoms with van der Waals surface area (Å²) in [5.74, 6) is 2.18. The molecule has 2 aromatic heterocycles. The SMILES string of the molecule is O=C(COc1ccccc1)N1C[C@H]2C[C@H](C1)c1ccc(NCc3ccc(CO)o3)c(=O)n1C2. The summed E-state index contributed by atoms with van der Waals surface area (Å²) in [6.07, 6.45) is 0.978. The van der Waals surface area contributed by atoms with Gasteiger partial charge in [-0.2, -0.15) is 0 Å². The van der Waals surface area contributed by atoms with Gasteiger partial charge in [-0.05, 0) is 48.7 Å². The van der Waals surface area contributed by atoms with Gasteiger partial charge in [0, 0.05) is 31.2 Å². The number of aromatic nitrogens is 1. The third-order valence-electron chi connectivity index (χ3n) is 6.39. The highest BCUT2D eigenvalue weighted by Crippen LogP contribution is 2.35. The van der Waals surface area contributed by atoms with E-state index in [0.29, 0.717) is 49.1 Å². The van der Waals surface area contributed by atoms with Crippen molar-refractivity contribution in [3.8, 4) is 5.75 Å². The number of aliphatic hydroxyl groups is 1. The quantitative estimate of drug-likeness (QED) is 0.576. The Morgan fingerprint density at radius 2 is 1.88 bits per heavy atom. The predicted molar refractivity (Wildman–Crippen MR) is 122 cm³/mol. The summed E-state index contributed by atoms with van der Waals surface area (Å²) >= 11 is 0. The molecule has 0 unspecified atom stereocenters. The number of piperidine rings is 1. The maximum absolute atomic E-state index is 13.1. The van der Waals surface area contributed by atoms with Crippen LogP contribution in [0.5, 0.6) is 5.75 Å². The van der Waals surface area contributed by atoms with Crippen LogP contribution >= 0.6 is 0 Å². The first-order valence-corrected chi connectivity index (χ1v) is 11.2. The average molecular weight is 450 g/mol. The van der Waals surface area contributed by atoms with Gasteiger partial charge in [-0.15, -0.1) is 0 Å². The van der Waals surface area contributed by atoms with Crippen LogP contribution < -0.4 is 15.6 Å². The van der Waals surface area contributed by atoms with E-state index in [2.05, 4.69) is 5.32 Å². The molecule has 2 bridgehead atoms. The summed E-state index contributed by atoms with van der Waals surface area (Å²) in [6, 6.07) is 16.6. The van der Waals surface area contributed by atoms with Crippen molar-refractivity contribution < 1.29 is 19.1 Å². The van der Waals surface area contributed by atoms with Crippen LogP contribution in [-0.4, -0.2) is 40.2 Å². The molecule has 2 aliphatic rings. The van der Waals surface area contributed by atoms with Gasteiger partial charge in [-0.3, -0.25) is 9.59 Å². The number of anilines is 1. The fourth-order valence-electron chi connectivity index (χ4n) is 4.82. The minimum atomic E-state index is -0.151. The van der Waals surface area contributed by atoms with Crippen LogP contribution in [0.4, 0.5) is 5.69 Å². The molecule has 1 aromatic carbocycles. The molecule has 3 aromatic rings. The van der Waals surface area contributed by atoms with Crippen molar-refractivity contribution in [3.63, 3.8) is 0 Å². The largest absolute Gasteiger partial charge is 0.484 e. The highest BCUT2D eigenvalue weighted by atomic mass is 16.5. The number of carbonyl (C=O) groups excluding carboxylic acids is 1. The van der Waals surface area contributed by atoms with Crippen LogP contribution in [0, 0.1) is 5.92 Å². The predicted octanol–water partition coefficient (Wildman–Crippen LogP) is 2.57. The first-order chi connectivity index (χ1) is 16.1. The van der Waals surface area contributed by atoms with Crippen LogP contribution in [0.2, 0.25) is 0 Å². The molecular formula is C25H27N3O5. The second-order valence-corrected chi connectivity index (χ2v) is 8.67. The number of amides is 1. The van der Waals surface area contributed by atoms with E-state index in [1.165, 1.54) is 0 Å². The number of nitrogens with zero attached hydrogens (tertiary/aromatic N) is 2. The van der Waals surface area contributed by atoms with Crippen LogP contribution in [0.25, 0.3) is 0 Å². The zero-order chi connectivity index (χ0) is 22.8. The van der Waals surface area contributed by atoms with Crippen molar-refractivity contribution >= 4 is 11.6 Å². The minimum Gasteiger partial charge on any atom is -0.484 e. The number of para-hydroxylation sites is 1. The van der Waals surface area contributed by atoms with Crippen molar-refractivity contribution in [1.82, 2.24) is 9.47 Å². The Bertz CT molecular complexity index is 1190. The molecule has 0 saturated carbocycles. The number of rotatable bonds is 7.